The number of benzene rings is 1. The number of amides is 1. The van der Waals surface area contributed by atoms with Gasteiger partial charge in [0.1, 0.15) is 11.4 Å². The van der Waals surface area contributed by atoms with Crippen molar-refractivity contribution in [2.45, 2.75) is 30.2 Å². The molecule has 0 spiro atoms. The summed E-state index contributed by atoms with van der Waals surface area (Å²) in [4.78, 5) is 14.4. The summed E-state index contributed by atoms with van der Waals surface area (Å²) in [6, 6.07) is 7.52. The molecule has 1 aromatic carbocycles. The molecule has 1 saturated heterocycles. The SMILES string of the molecule is COc1ccccc1-n1nnnc1SC(C)C(=O)N1CCCC1. The number of methoxy groups -OCH3 is 1. The van der Waals surface area contributed by atoms with Crippen molar-refractivity contribution in [3.8, 4) is 11.4 Å². The van der Waals surface area contributed by atoms with E-state index in [1.807, 2.05) is 36.1 Å². The van der Waals surface area contributed by atoms with Crippen molar-refractivity contribution in [2.75, 3.05) is 20.2 Å². The molecule has 2 heterocycles. The van der Waals surface area contributed by atoms with Crippen molar-refractivity contribution in [3.63, 3.8) is 0 Å². The van der Waals surface area contributed by atoms with Crippen LogP contribution in [-0.2, 0) is 4.79 Å². The molecule has 1 aliphatic heterocycles. The second-order valence-corrected chi connectivity index (χ2v) is 6.65. The molecular formula is C15H19N5O2S. The number of hydrogen-bond donors (Lipinski definition) is 0. The molecule has 8 heteroatoms. The lowest BCUT2D eigenvalue weighted by Crippen LogP contribution is -2.34. The van der Waals surface area contributed by atoms with E-state index in [0.29, 0.717) is 10.9 Å². The Morgan fingerprint density at radius 1 is 1.30 bits per heavy atom. The first kappa shape index (κ1) is 15.8. The average molecular weight is 333 g/mol. The molecule has 1 atom stereocenters. The molecule has 0 aliphatic carbocycles. The summed E-state index contributed by atoms with van der Waals surface area (Å²) in [5, 5.41) is 12.2. The fraction of sp³-hybridized carbons (Fsp3) is 0.467. The summed E-state index contributed by atoms with van der Waals surface area (Å²) in [5.74, 6) is 0.822. The summed E-state index contributed by atoms with van der Waals surface area (Å²) < 4.78 is 6.97. The number of tetrazole rings is 1. The first-order chi connectivity index (χ1) is 11.2. The fourth-order valence-electron chi connectivity index (χ4n) is 2.61. The molecule has 1 aromatic heterocycles. The highest BCUT2D eigenvalue weighted by atomic mass is 32.2. The highest BCUT2D eigenvalue weighted by molar-refractivity contribution is 8.00. The van der Waals surface area contributed by atoms with E-state index in [9.17, 15) is 4.79 Å². The van der Waals surface area contributed by atoms with Crippen LogP contribution < -0.4 is 4.74 Å². The normalized spacial score (nSPS) is 15.7. The van der Waals surface area contributed by atoms with E-state index in [-0.39, 0.29) is 11.2 Å². The maximum absolute atomic E-state index is 12.4. The monoisotopic (exact) mass is 333 g/mol. The quantitative estimate of drug-likeness (QED) is 0.777. The first-order valence-electron chi connectivity index (χ1n) is 7.58. The third kappa shape index (κ3) is 3.31. The molecule has 0 saturated carbocycles. The van der Waals surface area contributed by atoms with Crippen LogP contribution in [0.2, 0.25) is 0 Å². The highest BCUT2D eigenvalue weighted by Gasteiger charge is 2.26. The number of carbonyl (C=O) groups is 1. The molecule has 23 heavy (non-hydrogen) atoms. The van der Waals surface area contributed by atoms with Gasteiger partial charge in [-0.1, -0.05) is 23.9 Å². The molecule has 0 N–H and O–H groups in total. The van der Waals surface area contributed by atoms with Crippen molar-refractivity contribution in [2.24, 2.45) is 0 Å². The Hall–Kier alpha value is -2.09. The van der Waals surface area contributed by atoms with E-state index in [4.69, 9.17) is 4.74 Å². The summed E-state index contributed by atoms with van der Waals surface area (Å²) in [6.07, 6.45) is 2.17. The molecule has 1 aliphatic rings. The smallest absolute Gasteiger partial charge is 0.235 e. The van der Waals surface area contributed by atoms with Crippen molar-refractivity contribution < 1.29 is 9.53 Å². The zero-order valence-electron chi connectivity index (χ0n) is 13.2. The van der Waals surface area contributed by atoms with Gasteiger partial charge in [0.05, 0.1) is 12.4 Å². The Bertz CT molecular complexity index is 684. The van der Waals surface area contributed by atoms with Crippen molar-refractivity contribution in [1.82, 2.24) is 25.1 Å². The van der Waals surface area contributed by atoms with Crippen LogP contribution in [0.5, 0.6) is 5.75 Å². The number of thioether (sulfide) groups is 1. The minimum atomic E-state index is -0.229. The second kappa shape index (κ2) is 6.99. The average Bonchev–Trinajstić information content (AvgIpc) is 3.25. The Morgan fingerprint density at radius 2 is 2.04 bits per heavy atom. The van der Waals surface area contributed by atoms with Crippen LogP contribution in [0.15, 0.2) is 29.4 Å². The lowest BCUT2D eigenvalue weighted by atomic mass is 10.3. The Kier molecular flexibility index (Phi) is 4.80. The van der Waals surface area contributed by atoms with Gasteiger partial charge in [-0.15, -0.1) is 5.10 Å². The molecule has 1 fully saturated rings. The molecule has 1 unspecified atom stereocenters. The highest BCUT2D eigenvalue weighted by Crippen LogP contribution is 2.28. The van der Waals surface area contributed by atoms with Crippen LogP contribution in [0.4, 0.5) is 0 Å². The van der Waals surface area contributed by atoms with Crippen LogP contribution in [0.25, 0.3) is 5.69 Å². The number of likely N-dealkylation sites (tertiary alicyclic amines) is 1. The Labute approximate surface area is 139 Å². The van der Waals surface area contributed by atoms with E-state index in [0.717, 1.165) is 31.6 Å². The van der Waals surface area contributed by atoms with Crippen LogP contribution in [0.3, 0.4) is 0 Å². The van der Waals surface area contributed by atoms with Gasteiger partial charge in [0, 0.05) is 13.1 Å². The predicted molar refractivity (Wildman–Crippen MR) is 86.8 cm³/mol. The molecule has 0 radical (unpaired) electrons. The number of rotatable bonds is 5. The lowest BCUT2D eigenvalue weighted by molar-refractivity contribution is -0.129. The van der Waals surface area contributed by atoms with E-state index >= 15 is 0 Å². The van der Waals surface area contributed by atoms with Gasteiger partial charge in [0.25, 0.3) is 0 Å². The van der Waals surface area contributed by atoms with Crippen LogP contribution in [0, 0.1) is 0 Å². The van der Waals surface area contributed by atoms with Gasteiger partial charge in [0.15, 0.2) is 0 Å². The molecule has 1 amide bonds. The number of hydrogen-bond acceptors (Lipinski definition) is 6. The van der Waals surface area contributed by atoms with E-state index < -0.39 is 0 Å². The van der Waals surface area contributed by atoms with Gasteiger partial charge in [-0.2, -0.15) is 4.68 Å². The third-order valence-corrected chi connectivity index (χ3v) is 4.82. The number of aromatic nitrogens is 4. The number of carbonyl (C=O) groups excluding carboxylic acids is 1. The maximum Gasteiger partial charge on any atom is 0.235 e. The third-order valence-electron chi connectivity index (χ3n) is 3.80. The van der Waals surface area contributed by atoms with Crippen molar-refractivity contribution >= 4 is 17.7 Å². The Balaban J connectivity index is 1.79. The number of ether oxygens (including phenoxy) is 1. The minimum Gasteiger partial charge on any atom is -0.494 e. The lowest BCUT2D eigenvalue weighted by Gasteiger charge is -2.19. The second-order valence-electron chi connectivity index (χ2n) is 5.34. The first-order valence-corrected chi connectivity index (χ1v) is 8.46. The van der Waals surface area contributed by atoms with Gasteiger partial charge >= 0.3 is 0 Å². The summed E-state index contributed by atoms with van der Waals surface area (Å²) in [6.45, 7) is 3.59. The van der Waals surface area contributed by atoms with Crippen molar-refractivity contribution in [3.05, 3.63) is 24.3 Å². The van der Waals surface area contributed by atoms with Gasteiger partial charge in [-0.3, -0.25) is 4.79 Å². The summed E-state index contributed by atoms with van der Waals surface area (Å²) >= 11 is 1.37. The number of para-hydroxylation sites is 2. The molecule has 7 nitrogen and oxygen atoms in total. The molecule has 2 aromatic rings. The predicted octanol–water partition coefficient (Wildman–Crippen LogP) is 1.77. The van der Waals surface area contributed by atoms with Gasteiger partial charge in [0.2, 0.25) is 11.1 Å². The maximum atomic E-state index is 12.4. The largest absolute Gasteiger partial charge is 0.494 e. The summed E-state index contributed by atoms with van der Waals surface area (Å²) in [5.41, 5.74) is 0.753. The molecule has 122 valence electrons. The fourth-order valence-corrected chi connectivity index (χ4v) is 3.50. The van der Waals surface area contributed by atoms with Crippen molar-refractivity contribution in [1.29, 1.82) is 0 Å². The van der Waals surface area contributed by atoms with Crippen LogP contribution >= 0.6 is 11.8 Å². The molecule has 0 bridgehead atoms. The van der Waals surface area contributed by atoms with Crippen LogP contribution in [0.1, 0.15) is 19.8 Å². The topological polar surface area (TPSA) is 73.1 Å². The zero-order valence-corrected chi connectivity index (χ0v) is 14.0. The Morgan fingerprint density at radius 3 is 2.78 bits per heavy atom. The number of nitrogens with zero attached hydrogens (tertiary/aromatic N) is 5. The van der Waals surface area contributed by atoms with E-state index in [1.54, 1.807) is 11.8 Å². The van der Waals surface area contributed by atoms with E-state index in [2.05, 4.69) is 15.5 Å². The standard InChI is InChI=1S/C15H19N5O2S/c1-11(14(21)19-9-5-6-10-19)23-15-16-17-18-20(15)12-7-3-4-8-13(12)22-2/h3-4,7-8,11H,5-6,9-10H2,1-2H3. The van der Waals surface area contributed by atoms with Gasteiger partial charge < -0.3 is 9.64 Å². The minimum absolute atomic E-state index is 0.141. The zero-order chi connectivity index (χ0) is 16.2. The molecular weight excluding hydrogens is 314 g/mol. The molecule has 3 rings (SSSR count). The summed E-state index contributed by atoms with van der Waals surface area (Å²) in [7, 11) is 1.61. The van der Waals surface area contributed by atoms with Gasteiger partial charge in [-0.05, 0) is 42.3 Å². The van der Waals surface area contributed by atoms with E-state index in [1.165, 1.54) is 11.8 Å². The van der Waals surface area contributed by atoms with Crippen LogP contribution in [-0.4, -0.2) is 56.5 Å². The van der Waals surface area contributed by atoms with Gasteiger partial charge in [-0.25, -0.2) is 0 Å².